The number of aromatic amines is 2. The minimum atomic E-state index is -1.27. The molecule has 13 aromatic rings. The van der Waals surface area contributed by atoms with Gasteiger partial charge in [0.25, 0.3) is 34.7 Å². The lowest BCUT2D eigenvalue weighted by Gasteiger charge is -2.44. The van der Waals surface area contributed by atoms with E-state index < -0.39 is 39.7 Å². The van der Waals surface area contributed by atoms with Gasteiger partial charge < -0.3 is 66.2 Å². The highest BCUT2D eigenvalue weighted by Crippen LogP contribution is 2.41. The number of carboxylic acid groups (broad SMARTS) is 1. The minimum absolute atomic E-state index is 0.0296. The van der Waals surface area contributed by atoms with Crippen molar-refractivity contribution in [3.05, 3.63) is 225 Å². The van der Waals surface area contributed by atoms with E-state index >= 15 is 0 Å². The number of aromatic nitrogens is 15. The summed E-state index contributed by atoms with van der Waals surface area (Å²) in [4.78, 5) is 174. The lowest BCUT2D eigenvalue weighted by atomic mass is 9.83. The number of nitrogens with two attached hydrogens (primary N) is 2. The third-order valence-corrected chi connectivity index (χ3v) is 26.3. The lowest BCUT2D eigenvalue weighted by Crippen LogP contribution is -2.51. The fraction of sp³-hybridized carbons (Fsp3) is 0.333. The second-order valence-electron chi connectivity index (χ2n) is 33.8. The van der Waals surface area contributed by atoms with Crippen LogP contribution in [-0.4, -0.2) is 204 Å². The predicted molar refractivity (Wildman–Crippen MR) is 565 cm³/mol. The summed E-state index contributed by atoms with van der Waals surface area (Å²) in [7, 11) is 0. The molecule has 51 heteroatoms. The van der Waals surface area contributed by atoms with Gasteiger partial charge in [0.2, 0.25) is 29.5 Å². The van der Waals surface area contributed by atoms with Crippen LogP contribution in [0.2, 0.25) is 0 Å². The molecule has 6 amide bonds. The number of carbonyl (C=O) groups excluding carboxylic acids is 6. The third-order valence-electron chi connectivity index (χ3n) is 20.9. The number of aromatic carboxylic acids is 1. The van der Waals surface area contributed by atoms with Crippen molar-refractivity contribution in [1.82, 2.24) is 89.9 Å². The van der Waals surface area contributed by atoms with Crippen LogP contribution in [0.25, 0.3) is 0 Å². The second-order valence-corrected chi connectivity index (χ2v) is 45.0. The molecule has 0 radical (unpaired) electrons. The normalized spacial score (nSPS) is 14.7. The van der Waals surface area contributed by atoms with Crippen LogP contribution in [0.4, 0.5) is 64.2 Å². The maximum absolute atomic E-state index is 12.8. The van der Waals surface area contributed by atoms with Crippen LogP contribution < -0.4 is 72.8 Å². The van der Waals surface area contributed by atoms with Crippen molar-refractivity contribution in [3.8, 4) is 17.6 Å². The molecule has 0 unspecified atom stereocenters. The number of carbonyl (C=O) groups is 7. The maximum atomic E-state index is 12.8. The first-order valence-corrected chi connectivity index (χ1v) is 53.8. The second kappa shape index (κ2) is 48.0. The van der Waals surface area contributed by atoms with Crippen LogP contribution in [0.3, 0.4) is 0 Å². The number of nitrogens with zero attached hydrogens (tertiary/aromatic N) is 18. The summed E-state index contributed by atoms with van der Waals surface area (Å²) in [5.41, 5.74) is 18.2. The number of H-pyrrole nitrogens is 2. The number of ether oxygens (including phenoxy) is 5. The van der Waals surface area contributed by atoms with Crippen LogP contribution in [0.1, 0.15) is 168 Å². The van der Waals surface area contributed by atoms with E-state index in [0.29, 0.717) is 89.5 Å². The first-order valence-electron chi connectivity index (χ1n) is 42.7. The number of hydrogen-bond acceptors (Lipinski definition) is 40. The van der Waals surface area contributed by atoms with Gasteiger partial charge >= 0.3 is 18.2 Å². The van der Waals surface area contributed by atoms with Crippen molar-refractivity contribution >= 4 is 234 Å². The molecule has 16 heterocycles. The zero-order valence-corrected chi connectivity index (χ0v) is 89.7. The minimum Gasteiger partial charge on any atom is -0.477 e. The summed E-state index contributed by atoms with van der Waals surface area (Å²) in [5, 5.41) is 34.3. The number of amides is 6. The van der Waals surface area contributed by atoms with Crippen LogP contribution in [0.15, 0.2) is 169 Å². The molecule has 141 heavy (non-hydrogen) atoms. The number of halogens is 2. The van der Waals surface area contributed by atoms with Crippen molar-refractivity contribution in [2.75, 3.05) is 103 Å². The Morgan fingerprint density at radius 2 is 0.915 bits per heavy atom. The van der Waals surface area contributed by atoms with Gasteiger partial charge in [0.15, 0.2) is 61.3 Å². The summed E-state index contributed by atoms with van der Waals surface area (Å²) in [6.07, 6.45) is 22.3. The van der Waals surface area contributed by atoms with Gasteiger partial charge in [-0.2, -0.15) is 15.0 Å². The number of nitrogens with one attached hydrogen (secondary N) is 6. The number of thiazole rings is 5. The summed E-state index contributed by atoms with van der Waals surface area (Å²) in [6.45, 7) is 26.2. The van der Waals surface area contributed by atoms with Gasteiger partial charge in [-0.1, -0.05) is 98.7 Å². The van der Waals surface area contributed by atoms with Crippen LogP contribution in [0.5, 0.6) is 17.6 Å². The standard InChI is InChI=1S/C25H28N6O4S.C20H20N6O2S.C16H24N2O2.C10H8N4O2S2.C9H8N4O2S2.C6H6N2O3S.C3H4N2S.CH2I2/c1-24(2,3)35-23(33)31-10-8-15-12-16(6-7-18(15)25(31,4)5)28-21-27-13-17-19(29-21)34-14-30(20(17)32)22-26-9-11-36-22;1-20(2)15-4-3-13(9-12(15)5-6-23-20)24-18-22-10-14-16(25-18)28-11-26(17(14)27)19-21-7-8-29-19;1-15(2,3)20-14(19)18-9-8-11-10-12(17)6-7-13(11)16(18,4)5;1-17-9-12-4-6-7(13-9)16-5-14(8(6)15)10-11-2-3-18-10;1-16-8-11-4-5(6(14)12-8)7(15)13-9-10-2-3-17-9;1-12-6-7-2-3(5(10)11)4(9)8-6;4-3-5-1-2-6-3;2-1-3/h6-7,9,11-13H,8,10,14H2,1-5H3,(H,27,28,29);3-4,7-10,23H,5-6,11H2,1-2H3,(H,22,24,25);6-7,10H,8-9,17H2,1-5H3;2-4H,5H2,1H3;2-4H,1H3,(H,10,13,15)(H,11,12,14);2H,1H3,(H,10,11)(H,7,8,9);1-2H,(H2,4,5);1H2. The van der Waals surface area contributed by atoms with Crippen LogP contribution in [0, 0.1) is 0 Å². The number of hydrogen-bond donors (Lipinski definition) is 9. The molecule has 41 nitrogen and oxygen atoms in total. The fourth-order valence-corrected chi connectivity index (χ4v) is 18.2. The Kier molecular flexibility index (Phi) is 36.7. The average molecular weight is 2300 g/mol. The zero-order valence-electron chi connectivity index (χ0n) is 78.8. The van der Waals surface area contributed by atoms with Gasteiger partial charge in [0.1, 0.15) is 39.0 Å². The molecule has 6 aliphatic heterocycles. The number of fused-ring (bicyclic) bond motifs is 6. The highest BCUT2D eigenvalue weighted by molar-refractivity contribution is 14.2. The molecule has 0 saturated heterocycles. The molecule has 0 fully saturated rings. The number of nitrogen functional groups attached to an aromatic ring is 2. The average Bonchev–Trinajstić information content (AvgIpc) is 1.50. The van der Waals surface area contributed by atoms with E-state index in [9.17, 15) is 43.2 Å². The van der Waals surface area contributed by atoms with Crippen molar-refractivity contribution < 1.29 is 62.4 Å². The van der Waals surface area contributed by atoms with Gasteiger partial charge in [-0.3, -0.25) is 43.9 Å². The smallest absolute Gasteiger partial charge is 0.411 e. The van der Waals surface area contributed by atoms with Gasteiger partial charge in [0.05, 0.1) is 13.5 Å². The van der Waals surface area contributed by atoms with Crippen molar-refractivity contribution in [2.45, 2.75) is 146 Å². The van der Waals surface area contributed by atoms with E-state index in [1.165, 1.54) is 151 Å². The molecule has 10 aromatic heterocycles. The van der Waals surface area contributed by atoms with Gasteiger partial charge in [0, 0.05) is 125 Å². The summed E-state index contributed by atoms with van der Waals surface area (Å²) >= 11 is 15.3. The molecule has 19 rings (SSSR count). The molecular weight excluding hydrogens is 2200 g/mol. The molecule has 3 aromatic carbocycles. The molecule has 0 saturated carbocycles. The Bertz CT molecular complexity index is 6700. The van der Waals surface area contributed by atoms with Gasteiger partial charge in [-0.05, 0) is 197 Å². The number of benzene rings is 3. The van der Waals surface area contributed by atoms with E-state index in [0.717, 1.165) is 59.3 Å². The number of rotatable bonds is 13. The first kappa shape index (κ1) is 108. The number of carboxylic acids is 1. The highest BCUT2D eigenvalue weighted by Gasteiger charge is 2.43. The Morgan fingerprint density at radius 1 is 0.504 bits per heavy atom. The SMILES string of the molecule is CC(C)(C)OC(=O)N1CCc2cc(N)ccc2C1(C)C.CC(C)(C)OC(=O)N1CCc2cc(Nc3ncc4c(n3)OCN(c3nccs3)C4=O)ccc2C1(C)C.CC1(C)NCCc2cc(Nc3ncc4c(n3)OCN(c3nccs3)C4=O)ccc21.CSc1ncc(C(=O)Nc2nccs2)c(=O)[nH]1.CSc1ncc(C(=O)O)c(=O)[nH]1.CSc1ncc2c(n1)OCN(c1nccs1)C2=O.ICI.Nc1nccs1. The lowest BCUT2D eigenvalue weighted by molar-refractivity contribution is -0.00147. The molecule has 0 bridgehead atoms. The van der Waals surface area contributed by atoms with E-state index in [1.807, 2.05) is 134 Å². The number of alkyl halides is 2. The molecular formula is C90H100I2N26O15S8. The number of anilines is 10. The topological polar surface area (TPSA) is 536 Å². The Labute approximate surface area is 870 Å². The largest absolute Gasteiger partial charge is 0.477 e. The highest BCUT2D eigenvalue weighted by atomic mass is 127. The summed E-state index contributed by atoms with van der Waals surface area (Å²) in [6, 6.07) is 18.2. The number of thioether (sulfide) groups is 3. The van der Waals surface area contributed by atoms with Crippen LogP contribution in [-0.2, 0) is 45.4 Å². The monoisotopic (exact) mass is 2290 g/mol. The maximum Gasteiger partial charge on any atom is 0.411 e. The van der Waals surface area contributed by atoms with Crippen molar-refractivity contribution in [2.24, 2.45) is 0 Å². The molecule has 0 atom stereocenters. The van der Waals surface area contributed by atoms with E-state index in [2.05, 4.69) is 167 Å². The van der Waals surface area contributed by atoms with E-state index in [-0.39, 0.29) is 89.6 Å². The fourth-order valence-electron chi connectivity index (χ4n) is 14.3. The predicted octanol–water partition coefficient (Wildman–Crippen LogP) is 16.6. The third kappa shape index (κ3) is 28.0. The van der Waals surface area contributed by atoms with E-state index in [4.69, 9.17) is 40.3 Å². The Balaban J connectivity index is 0.000000153. The first-order chi connectivity index (χ1) is 67.1. The van der Waals surface area contributed by atoms with E-state index in [1.54, 1.807) is 64.1 Å². The van der Waals surface area contributed by atoms with Gasteiger partial charge in [-0.15, -0.1) is 56.7 Å². The van der Waals surface area contributed by atoms with Gasteiger partial charge in [-0.25, -0.2) is 78.9 Å². The quantitative estimate of drug-likeness (QED) is 0.0170. The Morgan fingerprint density at radius 3 is 1.31 bits per heavy atom. The molecule has 6 aliphatic rings. The Hall–Kier alpha value is -12.2. The molecule has 11 N–H and O–H groups in total. The molecule has 742 valence electrons. The molecule has 0 aliphatic carbocycles. The zero-order chi connectivity index (χ0) is 102. The van der Waals surface area contributed by atoms with Crippen LogP contribution >= 0.6 is 137 Å². The molecule has 0 spiro atoms. The van der Waals surface area contributed by atoms with Crippen molar-refractivity contribution in [1.29, 1.82) is 0 Å². The summed E-state index contributed by atoms with van der Waals surface area (Å²) in [5.74, 6) is -0.841. The van der Waals surface area contributed by atoms with Crippen molar-refractivity contribution in [3.63, 3.8) is 0 Å². The summed E-state index contributed by atoms with van der Waals surface area (Å²) < 4.78 is 29.2.